The van der Waals surface area contributed by atoms with E-state index in [0.717, 1.165) is 38.5 Å². The minimum Gasteiger partial charge on any atom is -0.342 e. The Morgan fingerprint density at radius 3 is 1.37 bits per heavy atom. The maximum atomic E-state index is 12.3. The summed E-state index contributed by atoms with van der Waals surface area (Å²) in [7, 11) is -0.679. The van der Waals surface area contributed by atoms with Crippen LogP contribution in [0.3, 0.4) is 0 Å². The second kappa shape index (κ2) is 25.1. The molecule has 13 heteroatoms. The minimum atomic E-state index is -3.27. The summed E-state index contributed by atoms with van der Waals surface area (Å²) in [6, 6.07) is 0.725. The highest BCUT2D eigenvalue weighted by Gasteiger charge is 2.31. The second-order valence-corrected chi connectivity index (χ2v) is 13.4. The number of carbonyl (C=O) groups is 2. The molecule has 2 amide bonds. The summed E-state index contributed by atoms with van der Waals surface area (Å²) in [4.78, 5) is 26.9. The fourth-order valence-corrected chi connectivity index (χ4v) is 7.31. The molecular formula is C28H57ClN2O8P2. The highest BCUT2D eigenvalue weighted by molar-refractivity contribution is 7.54. The molecule has 0 saturated heterocycles. The molecule has 0 aromatic carbocycles. The zero-order valence-electron chi connectivity index (χ0n) is 26.6. The quantitative estimate of drug-likeness (QED) is 0.134. The first kappa shape index (κ1) is 40.7. The van der Waals surface area contributed by atoms with Crippen LogP contribution in [0, 0.1) is 0 Å². The number of hydrogen-bond donors (Lipinski definition) is 0. The van der Waals surface area contributed by atoms with E-state index >= 15 is 0 Å². The van der Waals surface area contributed by atoms with Gasteiger partial charge >= 0.3 is 16.2 Å². The van der Waals surface area contributed by atoms with Crippen LogP contribution in [0.4, 0.5) is 0 Å². The zero-order valence-corrected chi connectivity index (χ0v) is 29.2. The summed E-state index contributed by atoms with van der Waals surface area (Å²) in [6.07, 6.45) is 11.6. The van der Waals surface area contributed by atoms with Crippen LogP contribution < -0.4 is 0 Å². The summed E-state index contributed by atoms with van der Waals surface area (Å²) in [6.45, 7) is 11.8. The van der Waals surface area contributed by atoms with Crippen molar-refractivity contribution in [1.82, 2.24) is 9.80 Å². The fourth-order valence-electron chi connectivity index (χ4n) is 4.67. The lowest BCUT2D eigenvalue weighted by Crippen LogP contribution is -2.40. The summed E-state index contributed by atoms with van der Waals surface area (Å²) in [5.41, 5.74) is 0. The molecule has 0 aromatic rings. The van der Waals surface area contributed by atoms with E-state index in [1.165, 1.54) is 25.7 Å². The summed E-state index contributed by atoms with van der Waals surface area (Å²) >= 11 is 5.47. The van der Waals surface area contributed by atoms with Crippen molar-refractivity contribution in [3.05, 3.63) is 0 Å². The lowest BCUT2D eigenvalue weighted by Gasteiger charge is -2.32. The molecule has 2 aliphatic carbocycles. The van der Waals surface area contributed by atoms with Gasteiger partial charge in [0.25, 0.3) is 0 Å². The van der Waals surface area contributed by atoms with Gasteiger partial charge in [0.1, 0.15) is 12.0 Å². The van der Waals surface area contributed by atoms with E-state index in [9.17, 15) is 14.2 Å². The lowest BCUT2D eigenvalue weighted by atomic mass is 9.94. The number of carbonyl (C=O) groups excluding carboxylic acids is 2. The molecule has 0 unspecified atom stereocenters. The monoisotopic (exact) mass is 646 g/mol. The van der Waals surface area contributed by atoms with Gasteiger partial charge in [-0.3, -0.25) is 14.2 Å². The Bertz CT molecular complexity index is 701. The van der Waals surface area contributed by atoms with Gasteiger partial charge in [-0.1, -0.05) is 38.5 Å². The Hall–Kier alpha value is -0.310. The number of halogens is 1. The van der Waals surface area contributed by atoms with Crippen LogP contribution in [0.5, 0.6) is 0 Å². The van der Waals surface area contributed by atoms with Crippen molar-refractivity contribution in [1.29, 1.82) is 0 Å². The largest absolute Gasteiger partial charge is 0.342 e. The van der Waals surface area contributed by atoms with Gasteiger partial charge in [0.2, 0.25) is 11.8 Å². The van der Waals surface area contributed by atoms with E-state index in [1.54, 1.807) is 25.8 Å². The third kappa shape index (κ3) is 18.2. The van der Waals surface area contributed by atoms with Gasteiger partial charge in [-0.15, -0.1) is 11.6 Å². The molecule has 0 spiro atoms. The number of nitrogens with zero attached hydrogens (tertiary/aromatic N) is 2. The van der Waals surface area contributed by atoms with Gasteiger partial charge in [0.05, 0.1) is 33.0 Å². The first-order valence-electron chi connectivity index (χ1n) is 15.3. The topological polar surface area (TPSA) is 104 Å². The van der Waals surface area contributed by atoms with Crippen LogP contribution in [0.25, 0.3) is 0 Å². The van der Waals surface area contributed by atoms with Gasteiger partial charge < -0.3 is 32.4 Å². The predicted octanol–water partition coefficient (Wildman–Crippen LogP) is 7.38. The molecule has 0 aliphatic heterocycles. The van der Waals surface area contributed by atoms with Crippen LogP contribution in [0.1, 0.15) is 98.8 Å². The van der Waals surface area contributed by atoms with Crippen LogP contribution >= 0.6 is 27.8 Å². The van der Waals surface area contributed by atoms with E-state index in [-0.39, 0.29) is 43.1 Å². The van der Waals surface area contributed by atoms with Gasteiger partial charge in [-0.05, 0) is 60.3 Å². The van der Waals surface area contributed by atoms with Gasteiger partial charge in [-0.25, -0.2) is 0 Å². The van der Waals surface area contributed by atoms with E-state index in [1.807, 2.05) is 32.7 Å². The average Bonchev–Trinajstić information content (AvgIpc) is 2.98. The SMILES string of the molecule is CCOP(=O)(CC(=O)N(C)C1CCCCC1)OCC.CCOP(OCC)OCC.CN(C(=O)CCl)C1CCCCC1. The van der Waals surface area contributed by atoms with Crippen LogP contribution in [0.2, 0.25) is 0 Å². The summed E-state index contributed by atoms with van der Waals surface area (Å²) in [5, 5.41) is 0. The van der Waals surface area contributed by atoms with E-state index in [2.05, 4.69) is 0 Å². The Morgan fingerprint density at radius 2 is 1.05 bits per heavy atom. The first-order chi connectivity index (χ1) is 19.6. The second-order valence-electron chi connectivity index (χ2n) is 9.81. The van der Waals surface area contributed by atoms with E-state index in [0.29, 0.717) is 25.9 Å². The molecule has 2 fully saturated rings. The van der Waals surface area contributed by atoms with Crippen molar-refractivity contribution >= 4 is 39.6 Å². The van der Waals surface area contributed by atoms with Crippen molar-refractivity contribution in [2.75, 3.05) is 59.2 Å². The molecule has 41 heavy (non-hydrogen) atoms. The van der Waals surface area contributed by atoms with E-state index < -0.39 is 16.2 Å². The molecule has 10 nitrogen and oxygen atoms in total. The molecule has 0 atom stereocenters. The Balaban J connectivity index is 0.000000627. The highest BCUT2D eigenvalue weighted by atomic mass is 35.5. The van der Waals surface area contributed by atoms with Gasteiger partial charge in [-0.2, -0.15) is 0 Å². The number of alkyl halides is 1. The normalized spacial score (nSPS) is 16.3. The smallest absolute Gasteiger partial charge is 0.340 e. The van der Waals surface area contributed by atoms with Crippen LogP contribution in [-0.4, -0.2) is 92.9 Å². The van der Waals surface area contributed by atoms with Crippen molar-refractivity contribution in [2.45, 2.75) is 111 Å². The first-order valence-corrected chi connectivity index (χ1v) is 18.6. The fraction of sp³-hybridized carbons (Fsp3) is 0.929. The standard InChI is InChI=1S/C13H26NO4P.C9H16ClNO.C6H15O3P/c1-4-17-19(16,18-5-2)11-13(15)14(3)12-9-7-6-8-10-12;1-11(9(12)7-10)8-5-3-2-4-6-8;1-4-7-10(8-5-2)9-6-3/h12H,4-11H2,1-3H3;8H,2-7H2,1H3;4-6H2,1-3H3. The van der Waals surface area contributed by atoms with Crippen LogP contribution in [0.15, 0.2) is 0 Å². The Labute approximate surface area is 256 Å². The minimum absolute atomic E-state index is 0.0589. The Morgan fingerprint density at radius 1 is 0.683 bits per heavy atom. The van der Waals surface area contributed by atoms with Crippen LogP contribution in [-0.2, 0) is 36.8 Å². The number of hydrogen-bond acceptors (Lipinski definition) is 8. The molecular weight excluding hydrogens is 590 g/mol. The molecule has 0 heterocycles. The van der Waals surface area contributed by atoms with Gasteiger partial charge in [0.15, 0.2) is 0 Å². The predicted molar refractivity (Wildman–Crippen MR) is 168 cm³/mol. The molecule has 2 aliphatic rings. The molecule has 0 radical (unpaired) electrons. The van der Waals surface area contributed by atoms with Crippen molar-refractivity contribution in [2.24, 2.45) is 0 Å². The maximum absolute atomic E-state index is 12.3. The lowest BCUT2D eigenvalue weighted by molar-refractivity contribution is -0.130. The average molecular weight is 647 g/mol. The summed E-state index contributed by atoms with van der Waals surface area (Å²) in [5.74, 6) is 0.0354. The summed E-state index contributed by atoms with van der Waals surface area (Å²) < 4.78 is 38.1. The number of rotatable bonds is 15. The number of amides is 2. The van der Waals surface area contributed by atoms with Gasteiger partial charge in [0, 0.05) is 26.2 Å². The van der Waals surface area contributed by atoms with Crippen molar-refractivity contribution in [3.8, 4) is 0 Å². The third-order valence-electron chi connectivity index (χ3n) is 6.83. The molecule has 0 bridgehead atoms. The highest BCUT2D eigenvalue weighted by Crippen LogP contribution is 2.48. The zero-order chi connectivity index (χ0) is 31.1. The maximum Gasteiger partial charge on any atom is 0.340 e. The molecule has 244 valence electrons. The van der Waals surface area contributed by atoms with Crippen molar-refractivity contribution < 1.29 is 36.8 Å². The Kier molecular flexibility index (Phi) is 24.9. The molecule has 2 rings (SSSR count). The molecule has 0 N–H and O–H groups in total. The molecule has 2 saturated carbocycles. The molecule has 0 aromatic heterocycles. The van der Waals surface area contributed by atoms with E-state index in [4.69, 9.17) is 34.2 Å². The third-order valence-corrected chi connectivity index (χ3v) is 10.4. The van der Waals surface area contributed by atoms with Crippen molar-refractivity contribution in [3.63, 3.8) is 0 Å².